The topological polar surface area (TPSA) is 36.9 Å². The smallest absolute Gasteiger partial charge is 0.204 e. The quantitative estimate of drug-likeness (QED) is 0.189. The molecule has 0 unspecified atom stereocenters. The van der Waals surface area contributed by atoms with E-state index in [1.54, 1.807) is 0 Å². The second kappa shape index (κ2) is 22.3. The van der Waals surface area contributed by atoms with Crippen LogP contribution < -0.4 is 18.9 Å². The molecular formula is C50H74F4O4. The monoisotopic (exact) mass is 815 g/mol. The molecule has 0 amide bonds. The number of rotatable bonds is 13. The van der Waals surface area contributed by atoms with Crippen molar-refractivity contribution < 1.29 is 36.5 Å². The van der Waals surface area contributed by atoms with Gasteiger partial charge in [0.2, 0.25) is 23.3 Å². The second-order valence-electron chi connectivity index (χ2n) is 19.8. The minimum absolute atomic E-state index is 0.0000342. The first kappa shape index (κ1) is 44.9. The molecule has 5 fully saturated rings. The van der Waals surface area contributed by atoms with Gasteiger partial charge in [0.05, 0.1) is 26.4 Å². The molecule has 4 nitrogen and oxygen atoms in total. The van der Waals surface area contributed by atoms with Crippen molar-refractivity contribution in [3.63, 3.8) is 0 Å². The van der Waals surface area contributed by atoms with Gasteiger partial charge in [0.15, 0.2) is 23.0 Å². The SMILES string of the molecule is CC1CCC(COc2ccc(OCC3CCC(C)CC3)c(F)c2F)CC1.CC1CCC(COc2ccc(OCC3CCC(C4CCC(C)CC4)CC3)c(F)c2F)CC1. The Morgan fingerprint density at radius 3 is 0.759 bits per heavy atom. The van der Waals surface area contributed by atoms with Gasteiger partial charge in [-0.1, -0.05) is 79.1 Å². The average molecular weight is 815 g/mol. The van der Waals surface area contributed by atoms with E-state index >= 15 is 0 Å². The fourth-order valence-electron chi connectivity index (χ4n) is 10.4. The number of hydrogen-bond donors (Lipinski definition) is 0. The zero-order chi connectivity index (χ0) is 41.0. The molecule has 0 N–H and O–H groups in total. The molecule has 0 heterocycles. The molecule has 0 atom stereocenters. The normalized spacial score (nSPS) is 31.7. The molecule has 5 saturated carbocycles. The molecule has 2 aromatic rings. The Balaban J connectivity index is 0.000000200. The summed E-state index contributed by atoms with van der Waals surface area (Å²) < 4.78 is 80.3. The fourth-order valence-corrected chi connectivity index (χ4v) is 10.4. The molecule has 0 aliphatic heterocycles. The molecular weight excluding hydrogens is 741 g/mol. The standard InChI is InChI=1S/C28H42F2O2.C22H32F2O2/c1-19-3-7-21(8-4-19)17-31-25-15-16-26(28(30)27(25)29)32-18-22-9-13-24(14-10-22)23-11-5-20(2)6-12-23;1-15-3-7-17(8-4-15)13-25-19-11-12-20(22(24)21(19)23)26-14-18-9-5-16(2)6-10-18/h15-16,19-24H,3-14,17-18H2,1-2H3;11-12,15-18H,3-10,13-14H2,1-2H3. The maximum absolute atomic E-state index is 14.6. The lowest BCUT2D eigenvalue weighted by Crippen LogP contribution is -2.27. The van der Waals surface area contributed by atoms with Gasteiger partial charge in [-0.15, -0.1) is 0 Å². The fraction of sp³-hybridized carbons (Fsp3) is 0.760. The molecule has 0 radical (unpaired) electrons. The van der Waals surface area contributed by atoms with Gasteiger partial charge in [0, 0.05) is 0 Å². The number of benzene rings is 2. The average Bonchev–Trinajstić information content (AvgIpc) is 3.24. The van der Waals surface area contributed by atoms with E-state index in [4.69, 9.17) is 18.9 Å². The van der Waals surface area contributed by atoms with Crippen molar-refractivity contribution in [2.45, 2.75) is 156 Å². The third kappa shape index (κ3) is 13.2. The Hall–Kier alpha value is -2.64. The highest BCUT2D eigenvalue weighted by Gasteiger charge is 2.31. The highest BCUT2D eigenvalue weighted by atomic mass is 19.2. The largest absolute Gasteiger partial charge is 0.490 e. The van der Waals surface area contributed by atoms with Crippen molar-refractivity contribution in [1.29, 1.82) is 0 Å². The van der Waals surface area contributed by atoms with Crippen LogP contribution in [-0.4, -0.2) is 26.4 Å². The molecule has 0 bridgehead atoms. The maximum atomic E-state index is 14.6. The van der Waals surface area contributed by atoms with Crippen LogP contribution in [0.5, 0.6) is 23.0 Å². The number of ether oxygens (including phenoxy) is 4. The third-order valence-electron chi connectivity index (χ3n) is 14.9. The van der Waals surface area contributed by atoms with Crippen molar-refractivity contribution in [2.24, 2.45) is 59.2 Å². The summed E-state index contributed by atoms with van der Waals surface area (Å²) in [5.74, 6) is 3.09. The van der Waals surface area contributed by atoms with Crippen LogP contribution in [0.4, 0.5) is 17.6 Å². The van der Waals surface area contributed by atoms with E-state index in [2.05, 4.69) is 27.7 Å². The first-order chi connectivity index (χ1) is 28.0. The summed E-state index contributed by atoms with van der Waals surface area (Å²) in [6.45, 7) is 11.0. The summed E-state index contributed by atoms with van der Waals surface area (Å²) in [5.41, 5.74) is 0. The molecule has 2 aromatic carbocycles. The van der Waals surface area contributed by atoms with Crippen molar-refractivity contribution in [3.05, 3.63) is 47.5 Å². The van der Waals surface area contributed by atoms with Crippen LogP contribution in [0.2, 0.25) is 0 Å². The number of hydrogen-bond acceptors (Lipinski definition) is 4. The molecule has 0 saturated heterocycles. The molecule has 7 rings (SSSR count). The molecule has 326 valence electrons. The van der Waals surface area contributed by atoms with Gasteiger partial charge in [-0.2, -0.15) is 17.6 Å². The molecule has 5 aliphatic rings. The summed E-state index contributed by atoms with van der Waals surface area (Å²) >= 11 is 0. The van der Waals surface area contributed by atoms with Gasteiger partial charge in [-0.25, -0.2) is 0 Å². The van der Waals surface area contributed by atoms with Gasteiger partial charge in [0.1, 0.15) is 0 Å². The summed E-state index contributed by atoms with van der Waals surface area (Å²) in [5, 5.41) is 0. The van der Waals surface area contributed by atoms with Crippen molar-refractivity contribution in [3.8, 4) is 23.0 Å². The van der Waals surface area contributed by atoms with E-state index in [-0.39, 0.29) is 23.0 Å². The van der Waals surface area contributed by atoms with E-state index in [1.165, 1.54) is 101 Å². The summed E-state index contributed by atoms with van der Waals surface area (Å²) in [4.78, 5) is 0. The zero-order valence-corrected chi connectivity index (χ0v) is 36.2. The Morgan fingerprint density at radius 1 is 0.328 bits per heavy atom. The lowest BCUT2D eigenvalue weighted by Gasteiger charge is -2.37. The summed E-state index contributed by atoms with van der Waals surface area (Å²) in [6.07, 6.45) is 24.1. The minimum atomic E-state index is -0.927. The van der Waals surface area contributed by atoms with Gasteiger partial charge in [-0.05, 0) is 160 Å². The lowest BCUT2D eigenvalue weighted by molar-refractivity contribution is 0.124. The molecule has 0 aromatic heterocycles. The van der Waals surface area contributed by atoms with Crippen molar-refractivity contribution in [2.75, 3.05) is 26.4 Å². The zero-order valence-electron chi connectivity index (χ0n) is 36.2. The molecule has 58 heavy (non-hydrogen) atoms. The molecule has 5 aliphatic carbocycles. The minimum Gasteiger partial charge on any atom is -0.490 e. The van der Waals surface area contributed by atoms with E-state index in [0.29, 0.717) is 50.1 Å². The third-order valence-corrected chi connectivity index (χ3v) is 14.9. The van der Waals surface area contributed by atoms with Crippen LogP contribution in [0, 0.1) is 82.4 Å². The van der Waals surface area contributed by atoms with Gasteiger partial charge in [-0.3, -0.25) is 0 Å². The highest BCUT2D eigenvalue weighted by Crippen LogP contribution is 2.42. The second-order valence-corrected chi connectivity index (χ2v) is 19.8. The highest BCUT2D eigenvalue weighted by molar-refractivity contribution is 5.36. The van der Waals surface area contributed by atoms with Crippen LogP contribution in [0.15, 0.2) is 24.3 Å². The van der Waals surface area contributed by atoms with Crippen LogP contribution in [-0.2, 0) is 0 Å². The Kier molecular flexibility index (Phi) is 17.2. The van der Waals surface area contributed by atoms with Crippen molar-refractivity contribution >= 4 is 0 Å². The first-order valence-electron chi connectivity index (χ1n) is 23.5. The first-order valence-corrected chi connectivity index (χ1v) is 23.5. The number of halogens is 4. The van der Waals surface area contributed by atoms with Crippen LogP contribution in [0.25, 0.3) is 0 Å². The predicted molar refractivity (Wildman–Crippen MR) is 225 cm³/mol. The van der Waals surface area contributed by atoms with E-state index in [0.717, 1.165) is 86.9 Å². The van der Waals surface area contributed by atoms with Crippen LogP contribution in [0.1, 0.15) is 156 Å². The maximum Gasteiger partial charge on any atom is 0.204 e. The Bertz CT molecular complexity index is 1460. The van der Waals surface area contributed by atoms with Gasteiger partial charge in [0.25, 0.3) is 0 Å². The lowest BCUT2D eigenvalue weighted by atomic mass is 9.69. The molecule has 8 heteroatoms. The summed E-state index contributed by atoms with van der Waals surface area (Å²) in [6, 6.07) is 6.07. The Labute approximate surface area is 347 Å². The summed E-state index contributed by atoms with van der Waals surface area (Å²) in [7, 11) is 0. The van der Waals surface area contributed by atoms with Crippen LogP contribution >= 0.6 is 0 Å². The van der Waals surface area contributed by atoms with E-state index in [9.17, 15) is 17.6 Å². The van der Waals surface area contributed by atoms with E-state index in [1.807, 2.05) is 0 Å². The van der Waals surface area contributed by atoms with Gasteiger partial charge < -0.3 is 18.9 Å². The Morgan fingerprint density at radius 2 is 0.517 bits per heavy atom. The molecule has 0 spiro atoms. The van der Waals surface area contributed by atoms with E-state index < -0.39 is 23.3 Å². The van der Waals surface area contributed by atoms with Crippen molar-refractivity contribution in [1.82, 2.24) is 0 Å². The predicted octanol–water partition coefficient (Wildman–Crippen LogP) is 14.6. The van der Waals surface area contributed by atoms with Gasteiger partial charge >= 0.3 is 0 Å². The van der Waals surface area contributed by atoms with Crippen LogP contribution in [0.3, 0.4) is 0 Å².